The molecule has 60 valence electrons. The van der Waals surface area contributed by atoms with Gasteiger partial charge in [-0.05, 0) is 24.6 Å². The Kier molecular flexibility index (Phi) is 2.11. The van der Waals surface area contributed by atoms with Gasteiger partial charge in [-0.1, -0.05) is 0 Å². The number of nitrogens with zero attached hydrogens (tertiary/aromatic N) is 1. The predicted octanol–water partition coefficient (Wildman–Crippen LogP) is 1.38. The van der Waals surface area contributed by atoms with Crippen molar-refractivity contribution >= 4 is 6.29 Å². The standard InChI is InChI=1S/C9H7NO2/c1-6-2-9(12)8(5-11)3-7(6)4-10/h2-3,5,12H,1H3. The molecular formula is C9H7NO2. The van der Waals surface area contributed by atoms with Gasteiger partial charge in [0.05, 0.1) is 17.2 Å². The summed E-state index contributed by atoms with van der Waals surface area (Å²) < 4.78 is 0. The molecule has 0 unspecified atom stereocenters. The maximum absolute atomic E-state index is 10.3. The van der Waals surface area contributed by atoms with Crippen LogP contribution in [-0.4, -0.2) is 11.4 Å². The van der Waals surface area contributed by atoms with Crippen molar-refractivity contribution in [3.63, 3.8) is 0 Å². The van der Waals surface area contributed by atoms with E-state index in [9.17, 15) is 9.90 Å². The molecule has 0 aliphatic rings. The maximum Gasteiger partial charge on any atom is 0.153 e. The van der Waals surface area contributed by atoms with E-state index in [-0.39, 0.29) is 11.3 Å². The second-order valence-corrected chi connectivity index (χ2v) is 2.46. The third-order valence-electron chi connectivity index (χ3n) is 1.62. The van der Waals surface area contributed by atoms with Gasteiger partial charge in [0.2, 0.25) is 0 Å². The molecule has 0 fully saturated rings. The highest BCUT2D eigenvalue weighted by Crippen LogP contribution is 2.19. The van der Waals surface area contributed by atoms with Crippen LogP contribution in [0.4, 0.5) is 0 Å². The molecule has 0 aliphatic carbocycles. The van der Waals surface area contributed by atoms with E-state index in [1.165, 1.54) is 12.1 Å². The molecule has 0 spiro atoms. The molecule has 0 heterocycles. The van der Waals surface area contributed by atoms with Crippen molar-refractivity contribution in [2.75, 3.05) is 0 Å². The highest BCUT2D eigenvalue weighted by Gasteiger charge is 2.04. The fraction of sp³-hybridized carbons (Fsp3) is 0.111. The van der Waals surface area contributed by atoms with Crippen LogP contribution >= 0.6 is 0 Å². The quantitative estimate of drug-likeness (QED) is 0.633. The van der Waals surface area contributed by atoms with E-state index >= 15 is 0 Å². The topological polar surface area (TPSA) is 61.1 Å². The van der Waals surface area contributed by atoms with Gasteiger partial charge in [0.15, 0.2) is 6.29 Å². The van der Waals surface area contributed by atoms with E-state index in [1.54, 1.807) is 6.92 Å². The van der Waals surface area contributed by atoms with E-state index in [0.717, 1.165) is 0 Å². The van der Waals surface area contributed by atoms with Crippen LogP contribution < -0.4 is 0 Å². The number of hydrogen-bond acceptors (Lipinski definition) is 3. The predicted molar refractivity (Wildman–Crippen MR) is 42.9 cm³/mol. The molecule has 1 rings (SSSR count). The largest absolute Gasteiger partial charge is 0.507 e. The molecule has 3 heteroatoms. The summed E-state index contributed by atoms with van der Waals surface area (Å²) in [7, 11) is 0. The first-order valence-electron chi connectivity index (χ1n) is 3.38. The van der Waals surface area contributed by atoms with E-state index in [0.29, 0.717) is 17.4 Å². The smallest absolute Gasteiger partial charge is 0.153 e. The minimum Gasteiger partial charge on any atom is -0.507 e. The molecule has 0 atom stereocenters. The van der Waals surface area contributed by atoms with Crippen molar-refractivity contribution in [1.29, 1.82) is 5.26 Å². The summed E-state index contributed by atoms with van der Waals surface area (Å²) in [6.45, 7) is 1.70. The SMILES string of the molecule is Cc1cc(O)c(C=O)cc1C#N. The Hall–Kier alpha value is -1.82. The number of phenolic OH excluding ortho intramolecular Hbond substituents is 1. The summed E-state index contributed by atoms with van der Waals surface area (Å²) in [4.78, 5) is 10.3. The molecule has 0 aromatic heterocycles. The molecule has 1 N–H and O–H groups in total. The van der Waals surface area contributed by atoms with Crippen molar-refractivity contribution in [2.45, 2.75) is 6.92 Å². The van der Waals surface area contributed by atoms with Crippen LogP contribution in [0.3, 0.4) is 0 Å². The molecule has 0 saturated heterocycles. The van der Waals surface area contributed by atoms with Gasteiger partial charge in [-0.2, -0.15) is 5.26 Å². The number of hydrogen-bond donors (Lipinski definition) is 1. The fourth-order valence-electron chi connectivity index (χ4n) is 0.924. The average molecular weight is 161 g/mol. The molecule has 3 nitrogen and oxygen atoms in total. The van der Waals surface area contributed by atoms with Crippen LogP contribution in [0.5, 0.6) is 5.75 Å². The van der Waals surface area contributed by atoms with Gasteiger partial charge in [-0.25, -0.2) is 0 Å². The number of aldehydes is 1. The number of carbonyl (C=O) groups is 1. The van der Waals surface area contributed by atoms with Crippen molar-refractivity contribution < 1.29 is 9.90 Å². The highest BCUT2D eigenvalue weighted by molar-refractivity contribution is 5.80. The fourth-order valence-corrected chi connectivity index (χ4v) is 0.924. The maximum atomic E-state index is 10.3. The van der Waals surface area contributed by atoms with Crippen LogP contribution in [0, 0.1) is 18.3 Å². The van der Waals surface area contributed by atoms with Gasteiger partial charge in [-0.3, -0.25) is 4.79 Å². The number of rotatable bonds is 1. The first-order chi connectivity index (χ1) is 5.69. The van der Waals surface area contributed by atoms with Crippen LogP contribution in [-0.2, 0) is 0 Å². The lowest BCUT2D eigenvalue weighted by atomic mass is 10.1. The molecule has 0 amide bonds. The lowest BCUT2D eigenvalue weighted by Gasteiger charge is -2.00. The van der Waals surface area contributed by atoms with Gasteiger partial charge in [0.25, 0.3) is 0 Å². The van der Waals surface area contributed by atoms with Crippen LogP contribution in [0.25, 0.3) is 0 Å². The minimum absolute atomic E-state index is 0.0819. The third-order valence-corrected chi connectivity index (χ3v) is 1.62. The molecular weight excluding hydrogens is 154 g/mol. The molecule has 0 saturated carbocycles. The first kappa shape index (κ1) is 8.28. The van der Waals surface area contributed by atoms with Crippen molar-refractivity contribution in [2.24, 2.45) is 0 Å². The second-order valence-electron chi connectivity index (χ2n) is 2.46. The lowest BCUT2D eigenvalue weighted by molar-refractivity contribution is 0.112. The second kappa shape index (κ2) is 3.05. The number of aryl methyl sites for hydroxylation is 1. The zero-order valence-electron chi connectivity index (χ0n) is 6.53. The normalized spacial score (nSPS) is 9.00. The lowest BCUT2D eigenvalue weighted by Crippen LogP contribution is -1.87. The Morgan fingerprint density at radius 1 is 1.58 bits per heavy atom. The first-order valence-corrected chi connectivity index (χ1v) is 3.38. The Bertz CT molecular complexity index is 364. The van der Waals surface area contributed by atoms with Crippen LogP contribution in [0.2, 0.25) is 0 Å². The molecule has 0 bridgehead atoms. The Balaban J connectivity index is 3.39. The average Bonchev–Trinajstić information content (AvgIpc) is 2.05. The summed E-state index contributed by atoms with van der Waals surface area (Å²) in [5, 5.41) is 17.8. The summed E-state index contributed by atoms with van der Waals surface area (Å²) in [5.74, 6) is -0.0819. The van der Waals surface area contributed by atoms with Crippen molar-refractivity contribution in [3.05, 3.63) is 28.8 Å². The Morgan fingerprint density at radius 2 is 2.25 bits per heavy atom. The molecule has 12 heavy (non-hydrogen) atoms. The molecule has 0 aliphatic heterocycles. The Morgan fingerprint density at radius 3 is 2.75 bits per heavy atom. The van der Waals surface area contributed by atoms with Crippen LogP contribution in [0.1, 0.15) is 21.5 Å². The molecule has 0 radical (unpaired) electrons. The zero-order valence-corrected chi connectivity index (χ0v) is 6.53. The summed E-state index contributed by atoms with van der Waals surface area (Å²) in [6.07, 6.45) is 0.523. The summed E-state index contributed by atoms with van der Waals surface area (Å²) in [6, 6.07) is 4.70. The highest BCUT2D eigenvalue weighted by atomic mass is 16.3. The number of benzene rings is 1. The van der Waals surface area contributed by atoms with Crippen LogP contribution in [0.15, 0.2) is 12.1 Å². The number of carbonyl (C=O) groups excluding carboxylic acids is 1. The van der Waals surface area contributed by atoms with E-state index in [1.807, 2.05) is 6.07 Å². The van der Waals surface area contributed by atoms with Crippen molar-refractivity contribution in [3.8, 4) is 11.8 Å². The number of phenols is 1. The van der Waals surface area contributed by atoms with Gasteiger partial charge in [0, 0.05) is 0 Å². The van der Waals surface area contributed by atoms with Crippen molar-refractivity contribution in [1.82, 2.24) is 0 Å². The van der Waals surface area contributed by atoms with E-state index < -0.39 is 0 Å². The monoisotopic (exact) mass is 161 g/mol. The Labute approximate surface area is 69.9 Å². The molecule has 1 aromatic rings. The zero-order chi connectivity index (χ0) is 9.14. The minimum atomic E-state index is -0.0819. The summed E-state index contributed by atoms with van der Waals surface area (Å²) in [5.41, 5.74) is 1.23. The van der Waals surface area contributed by atoms with E-state index in [4.69, 9.17) is 5.26 Å². The van der Waals surface area contributed by atoms with E-state index in [2.05, 4.69) is 0 Å². The molecule has 1 aromatic carbocycles. The number of nitriles is 1. The van der Waals surface area contributed by atoms with Gasteiger partial charge < -0.3 is 5.11 Å². The van der Waals surface area contributed by atoms with Gasteiger partial charge in [0.1, 0.15) is 5.75 Å². The third kappa shape index (κ3) is 1.28. The number of aromatic hydroxyl groups is 1. The van der Waals surface area contributed by atoms with Gasteiger partial charge >= 0.3 is 0 Å². The summed E-state index contributed by atoms with van der Waals surface area (Å²) >= 11 is 0. The van der Waals surface area contributed by atoms with Gasteiger partial charge in [-0.15, -0.1) is 0 Å².